The Labute approximate surface area is 61.8 Å². The van der Waals surface area contributed by atoms with E-state index in [2.05, 4.69) is 6.07 Å². The van der Waals surface area contributed by atoms with Crippen molar-refractivity contribution in [1.82, 2.24) is 0 Å². The monoisotopic (exact) mass is 139 g/mol. The minimum atomic E-state index is -0.524. The number of nitrogens with zero attached hydrogens (tertiary/aromatic N) is 1. The summed E-state index contributed by atoms with van der Waals surface area (Å²) in [7, 11) is 0. The number of hydrogen-bond donors (Lipinski definition) is 0. The average molecular weight is 139 g/mol. The molecule has 2 nitrogen and oxygen atoms in total. The molecule has 10 heavy (non-hydrogen) atoms. The Morgan fingerprint density at radius 2 is 1.90 bits per heavy atom. The second-order valence-corrected chi connectivity index (χ2v) is 3.70. The van der Waals surface area contributed by atoms with Crippen LogP contribution >= 0.6 is 0 Å². The zero-order valence-corrected chi connectivity index (χ0v) is 6.77. The van der Waals surface area contributed by atoms with Crippen LogP contribution in [0.4, 0.5) is 0 Å². The largest absolute Gasteiger partial charge is 0.355 e. The highest BCUT2D eigenvalue weighted by Crippen LogP contribution is 2.36. The Kier molecular flexibility index (Phi) is 1.48. The van der Waals surface area contributed by atoms with Crippen LogP contribution in [0.3, 0.4) is 0 Å². The highest BCUT2D eigenvalue weighted by atomic mass is 16.5. The normalized spacial score (nSPS) is 37.4. The molecule has 0 aromatic heterocycles. The molecule has 0 bridgehead atoms. The van der Waals surface area contributed by atoms with Gasteiger partial charge in [-0.15, -0.1) is 0 Å². The molecular formula is C8H13NO. The van der Waals surface area contributed by atoms with E-state index in [-0.39, 0.29) is 5.60 Å². The molecule has 1 rings (SSSR count). The van der Waals surface area contributed by atoms with Crippen LogP contribution in [0.5, 0.6) is 0 Å². The summed E-state index contributed by atoms with van der Waals surface area (Å²) >= 11 is 0. The number of nitriles is 1. The molecule has 0 spiro atoms. The van der Waals surface area contributed by atoms with Gasteiger partial charge in [-0.1, -0.05) is 0 Å². The van der Waals surface area contributed by atoms with Crippen molar-refractivity contribution in [1.29, 1.82) is 5.26 Å². The second kappa shape index (κ2) is 1.96. The Balaban J connectivity index is 2.69. The molecule has 56 valence electrons. The highest BCUT2D eigenvalue weighted by molar-refractivity contribution is 5.04. The van der Waals surface area contributed by atoms with Crippen molar-refractivity contribution in [2.45, 2.75) is 44.8 Å². The van der Waals surface area contributed by atoms with Gasteiger partial charge < -0.3 is 4.74 Å². The molecule has 0 radical (unpaired) electrons. The van der Waals surface area contributed by atoms with E-state index >= 15 is 0 Å². The summed E-state index contributed by atoms with van der Waals surface area (Å²) in [6, 6.07) is 2.17. The van der Waals surface area contributed by atoms with Crippen LogP contribution in [0.25, 0.3) is 0 Å². The van der Waals surface area contributed by atoms with Gasteiger partial charge in [0, 0.05) is 0 Å². The van der Waals surface area contributed by atoms with Crippen LogP contribution in [-0.2, 0) is 4.74 Å². The summed E-state index contributed by atoms with van der Waals surface area (Å²) in [5.41, 5.74) is -0.617. The average Bonchev–Trinajstić information content (AvgIpc) is 2.08. The number of rotatable bonds is 0. The third kappa shape index (κ3) is 1.30. The van der Waals surface area contributed by atoms with Crippen molar-refractivity contribution in [2.75, 3.05) is 0 Å². The molecule has 1 heterocycles. The SMILES string of the molecule is CC1(C)CCC(C)(C#N)O1. The summed E-state index contributed by atoms with van der Waals surface area (Å²) in [6.45, 7) is 5.90. The molecule has 1 aliphatic heterocycles. The van der Waals surface area contributed by atoms with Gasteiger partial charge in [-0.3, -0.25) is 0 Å². The molecule has 1 unspecified atom stereocenters. The van der Waals surface area contributed by atoms with Gasteiger partial charge in [-0.05, 0) is 33.6 Å². The van der Waals surface area contributed by atoms with Crippen molar-refractivity contribution in [3.63, 3.8) is 0 Å². The standard InChI is InChI=1S/C8H13NO/c1-7(2)4-5-8(3,6-9)10-7/h4-5H2,1-3H3. The molecule has 0 N–H and O–H groups in total. The fraction of sp³-hybridized carbons (Fsp3) is 0.875. The predicted molar refractivity (Wildman–Crippen MR) is 38.4 cm³/mol. The van der Waals surface area contributed by atoms with Gasteiger partial charge in [0.25, 0.3) is 0 Å². The van der Waals surface area contributed by atoms with Crippen LogP contribution in [0.2, 0.25) is 0 Å². The lowest BCUT2D eigenvalue weighted by Gasteiger charge is -2.21. The molecule has 1 atom stereocenters. The van der Waals surface area contributed by atoms with Crippen molar-refractivity contribution in [3.05, 3.63) is 0 Å². The van der Waals surface area contributed by atoms with E-state index < -0.39 is 5.60 Å². The van der Waals surface area contributed by atoms with E-state index in [1.807, 2.05) is 20.8 Å². The van der Waals surface area contributed by atoms with E-state index in [0.29, 0.717) is 0 Å². The van der Waals surface area contributed by atoms with Crippen LogP contribution in [0.1, 0.15) is 33.6 Å². The van der Waals surface area contributed by atoms with E-state index in [0.717, 1.165) is 12.8 Å². The van der Waals surface area contributed by atoms with Gasteiger partial charge in [-0.2, -0.15) is 5.26 Å². The Hall–Kier alpha value is -0.550. The third-order valence-corrected chi connectivity index (χ3v) is 1.94. The molecule has 0 amide bonds. The minimum Gasteiger partial charge on any atom is -0.355 e. The first-order chi connectivity index (χ1) is 4.47. The number of hydrogen-bond acceptors (Lipinski definition) is 2. The Morgan fingerprint density at radius 1 is 1.30 bits per heavy atom. The van der Waals surface area contributed by atoms with E-state index in [4.69, 9.17) is 10.00 Å². The maximum Gasteiger partial charge on any atom is 0.152 e. The fourth-order valence-corrected chi connectivity index (χ4v) is 1.33. The lowest BCUT2D eigenvalue weighted by atomic mass is 10.0. The van der Waals surface area contributed by atoms with Crippen LogP contribution < -0.4 is 0 Å². The van der Waals surface area contributed by atoms with Crippen LogP contribution in [0.15, 0.2) is 0 Å². The van der Waals surface area contributed by atoms with Gasteiger partial charge in [-0.25, -0.2) is 0 Å². The molecule has 1 fully saturated rings. The summed E-state index contributed by atoms with van der Waals surface area (Å²) < 4.78 is 5.52. The molecule has 0 aromatic carbocycles. The molecular weight excluding hydrogens is 126 g/mol. The topological polar surface area (TPSA) is 33.0 Å². The van der Waals surface area contributed by atoms with Gasteiger partial charge in [0.15, 0.2) is 5.60 Å². The first-order valence-corrected chi connectivity index (χ1v) is 3.59. The van der Waals surface area contributed by atoms with Gasteiger partial charge in [0.05, 0.1) is 11.7 Å². The summed E-state index contributed by atoms with van der Waals surface area (Å²) in [6.07, 6.45) is 1.84. The maximum absolute atomic E-state index is 8.68. The van der Waals surface area contributed by atoms with Gasteiger partial charge in [0.1, 0.15) is 0 Å². The summed E-state index contributed by atoms with van der Waals surface area (Å²) in [5.74, 6) is 0. The lowest BCUT2D eigenvalue weighted by molar-refractivity contribution is -0.0439. The fourth-order valence-electron chi connectivity index (χ4n) is 1.33. The quantitative estimate of drug-likeness (QED) is 0.513. The smallest absolute Gasteiger partial charge is 0.152 e. The van der Waals surface area contributed by atoms with E-state index in [1.165, 1.54) is 0 Å². The molecule has 1 saturated heterocycles. The Morgan fingerprint density at radius 3 is 2.10 bits per heavy atom. The van der Waals surface area contributed by atoms with Crippen LogP contribution in [0, 0.1) is 11.3 Å². The molecule has 0 aromatic rings. The molecule has 0 saturated carbocycles. The van der Waals surface area contributed by atoms with E-state index in [9.17, 15) is 0 Å². The highest BCUT2D eigenvalue weighted by Gasteiger charge is 2.40. The van der Waals surface area contributed by atoms with Crippen LogP contribution in [-0.4, -0.2) is 11.2 Å². The van der Waals surface area contributed by atoms with Gasteiger partial charge >= 0.3 is 0 Å². The van der Waals surface area contributed by atoms with Crippen molar-refractivity contribution >= 4 is 0 Å². The first kappa shape index (κ1) is 7.56. The molecule has 2 heteroatoms. The van der Waals surface area contributed by atoms with Crippen molar-refractivity contribution in [3.8, 4) is 6.07 Å². The minimum absolute atomic E-state index is 0.0928. The first-order valence-electron chi connectivity index (χ1n) is 3.59. The van der Waals surface area contributed by atoms with Crippen molar-refractivity contribution in [2.24, 2.45) is 0 Å². The molecule has 1 aliphatic rings. The molecule has 0 aliphatic carbocycles. The van der Waals surface area contributed by atoms with Gasteiger partial charge in [0.2, 0.25) is 0 Å². The zero-order chi connectivity index (χ0) is 7.83. The van der Waals surface area contributed by atoms with Crippen molar-refractivity contribution < 1.29 is 4.74 Å². The summed E-state index contributed by atoms with van der Waals surface area (Å²) in [5, 5.41) is 8.68. The maximum atomic E-state index is 8.68. The zero-order valence-electron chi connectivity index (χ0n) is 6.77. The summed E-state index contributed by atoms with van der Waals surface area (Å²) in [4.78, 5) is 0. The number of ether oxygens (including phenoxy) is 1. The second-order valence-electron chi connectivity index (χ2n) is 3.70. The third-order valence-electron chi connectivity index (χ3n) is 1.94. The predicted octanol–water partition coefficient (Wildman–Crippen LogP) is 1.86. The van der Waals surface area contributed by atoms with E-state index in [1.54, 1.807) is 0 Å². The lowest BCUT2D eigenvalue weighted by Crippen LogP contribution is -2.27. The Bertz CT molecular complexity index is 180.